The Bertz CT molecular complexity index is 1170. The Labute approximate surface area is 175 Å². The van der Waals surface area contributed by atoms with Crippen LogP contribution in [-0.2, 0) is 9.59 Å². The maximum Gasteiger partial charge on any atom is 0.241 e. The minimum absolute atomic E-state index is 0.105. The molecule has 0 aromatic heterocycles. The first kappa shape index (κ1) is 17.5. The Kier molecular flexibility index (Phi) is 3.39. The van der Waals surface area contributed by atoms with Gasteiger partial charge in [0.2, 0.25) is 11.8 Å². The summed E-state index contributed by atoms with van der Waals surface area (Å²) in [5.41, 5.74) is 4.52. The van der Waals surface area contributed by atoms with E-state index in [2.05, 4.69) is 24.3 Å². The lowest BCUT2D eigenvalue weighted by atomic mass is 9.48. The predicted octanol–water partition coefficient (Wildman–Crippen LogP) is 4.48. The molecule has 1 fully saturated rings. The van der Waals surface area contributed by atoms with Crippen molar-refractivity contribution < 1.29 is 14.3 Å². The van der Waals surface area contributed by atoms with Crippen LogP contribution in [0.5, 0.6) is 5.75 Å². The third-order valence-electron chi connectivity index (χ3n) is 7.34. The van der Waals surface area contributed by atoms with Crippen LogP contribution in [0, 0.1) is 11.3 Å². The molecule has 0 saturated carbocycles. The summed E-state index contributed by atoms with van der Waals surface area (Å²) in [5, 5.41) is 0. The molecule has 4 heteroatoms. The van der Waals surface area contributed by atoms with Crippen molar-refractivity contribution in [1.82, 2.24) is 0 Å². The van der Waals surface area contributed by atoms with Crippen LogP contribution < -0.4 is 9.64 Å². The highest BCUT2D eigenvalue weighted by Gasteiger charge is 2.68. The monoisotopic (exact) mass is 395 g/mol. The predicted molar refractivity (Wildman–Crippen MR) is 114 cm³/mol. The molecule has 3 aliphatic carbocycles. The maximum absolute atomic E-state index is 13.9. The molecule has 1 heterocycles. The second-order valence-electron chi connectivity index (χ2n) is 8.61. The quantitative estimate of drug-likeness (QED) is 0.601. The summed E-state index contributed by atoms with van der Waals surface area (Å²) in [7, 11) is 1.60. The van der Waals surface area contributed by atoms with Gasteiger partial charge in [0.1, 0.15) is 5.75 Å². The lowest BCUT2D eigenvalue weighted by molar-refractivity contribution is -0.128. The van der Waals surface area contributed by atoms with Crippen LogP contribution in [0.3, 0.4) is 0 Å². The molecule has 0 spiro atoms. The Morgan fingerprint density at radius 3 is 1.87 bits per heavy atom. The van der Waals surface area contributed by atoms with Gasteiger partial charge < -0.3 is 4.74 Å². The third-order valence-corrected chi connectivity index (χ3v) is 7.34. The van der Waals surface area contributed by atoms with Crippen molar-refractivity contribution in [2.45, 2.75) is 18.8 Å². The fraction of sp³-hybridized carbons (Fsp3) is 0.231. The van der Waals surface area contributed by atoms with Gasteiger partial charge in [0.15, 0.2) is 0 Å². The SMILES string of the molecule is COc1ccc(N2C(=O)C3C4c5ccccc5C(c5ccccc54)C3(C)C2=O)cc1. The van der Waals surface area contributed by atoms with Gasteiger partial charge in [-0.2, -0.15) is 0 Å². The van der Waals surface area contributed by atoms with Gasteiger partial charge in [-0.3, -0.25) is 9.59 Å². The molecule has 2 bridgehead atoms. The van der Waals surface area contributed by atoms with Gasteiger partial charge in [-0.05, 0) is 53.4 Å². The number of carbonyl (C=O) groups excluding carboxylic acids is 2. The summed E-state index contributed by atoms with van der Waals surface area (Å²) in [4.78, 5) is 29.1. The highest BCUT2D eigenvalue weighted by Crippen LogP contribution is 2.67. The van der Waals surface area contributed by atoms with Crippen molar-refractivity contribution in [3.63, 3.8) is 0 Å². The lowest BCUT2D eigenvalue weighted by Crippen LogP contribution is -2.49. The van der Waals surface area contributed by atoms with Crippen LogP contribution in [-0.4, -0.2) is 18.9 Å². The summed E-state index contributed by atoms with van der Waals surface area (Å²) < 4.78 is 5.24. The van der Waals surface area contributed by atoms with Crippen LogP contribution in [0.2, 0.25) is 0 Å². The number of anilines is 1. The fourth-order valence-electron chi connectivity index (χ4n) is 6.09. The van der Waals surface area contributed by atoms with Crippen LogP contribution in [0.4, 0.5) is 5.69 Å². The van der Waals surface area contributed by atoms with Gasteiger partial charge in [0.25, 0.3) is 0 Å². The molecule has 1 aliphatic heterocycles. The Morgan fingerprint density at radius 1 is 0.800 bits per heavy atom. The summed E-state index contributed by atoms with van der Waals surface area (Å²) in [5.74, 6) is -0.150. The Morgan fingerprint density at radius 2 is 1.33 bits per heavy atom. The van der Waals surface area contributed by atoms with Crippen molar-refractivity contribution in [3.8, 4) is 5.75 Å². The van der Waals surface area contributed by atoms with Gasteiger partial charge in [-0.15, -0.1) is 0 Å². The van der Waals surface area contributed by atoms with Crippen molar-refractivity contribution in [3.05, 3.63) is 95.1 Å². The van der Waals surface area contributed by atoms with Gasteiger partial charge in [-0.25, -0.2) is 4.90 Å². The number of hydrogen-bond donors (Lipinski definition) is 0. The largest absolute Gasteiger partial charge is 0.497 e. The van der Waals surface area contributed by atoms with E-state index in [9.17, 15) is 9.59 Å². The molecule has 4 nitrogen and oxygen atoms in total. The van der Waals surface area contributed by atoms with Crippen LogP contribution in [0.15, 0.2) is 72.8 Å². The maximum atomic E-state index is 13.9. The summed E-state index contributed by atoms with van der Waals surface area (Å²) in [6, 6.07) is 23.8. The minimum atomic E-state index is -0.801. The van der Waals surface area contributed by atoms with Gasteiger partial charge in [0.05, 0.1) is 24.1 Å². The van der Waals surface area contributed by atoms with Crippen molar-refractivity contribution >= 4 is 17.5 Å². The van der Waals surface area contributed by atoms with E-state index < -0.39 is 11.3 Å². The molecule has 30 heavy (non-hydrogen) atoms. The first-order valence-electron chi connectivity index (χ1n) is 10.3. The topological polar surface area (TPSA) is 46.6 Å². The average molecular weight is 395 g/mol. The fourth-order valence-corrected chi connectivity index (χ4v) is 6.09. The molecule has 2 atom stereocenters. The van der Waals surface area contributed by atoms with Crippen LogP contribution in [0.1, 0.15) is 41.0 Å². The normalized spacial score (nSPS) is 28.2. The number of ether oxygens (including phenoxy) is 1. The van der Waals surface area contributed by atoms with Gasteiger partial charge in [0, 0.05) is 11.8 Å². The van der Waals surface area contributed by atoms with E-state index in [1.807, 2.05) is 31.2 Å². The highest BCUT2D eigenvalue weighted by molar-refractivity contribution is 6.25. The van der Waals surface area contributed by atoms with E-state index in [-0.39, 0.29) is 23.7 Å². The van der Waals surface area contributed by atoms with Gasteiger partial charge in [-0.1, -0.05) is 48.5 Å². The number of amides is 2. The summed E-state index contributed by atoms with van der Waals surface area (Å²) >= 11 is 0. The van der Waals surface area contributed by atoms with E-state index >= 15 is 0 Å². The van der Waals surface area contributed by atoms with Crippen molar-refractivity contribution in [1.29, 1.82) is 0 Å². The standard InChI is InChI=1S/C26H21NO3/c1-26-22-19-9-5-3-7-17(19)21(18-8-4-6-10-20(18)22)23(26)24(28)27(25(26)29)15-11-13-16(30-2)14-12-15/h3-14,21-23H,1-2H3. The molecule has 0 N–H and O–H groups in total. The number of nitrogens with zero attached hydrogens (tertiary/aromatic N) is 1. The Balaban J connectivity index is 1.58. The molecule has 148 valence electrons. The second-order valence-corrected chi connectivity index (χ2v) is 8.61. The van der Waals surface area contributed by atoms with Crippen LogP contribution in [0.25, 0.3) is 0 Å². The zero-order valence-corrected chi connectivity index (χ0v) is 16.8. The molecular weight excluding hydrogens is 374 g/mol. The number of carbonyl (C=O) groups is 2. The van der Waals surface area contributed by atoms with Crippen LogP contribution >= 0.6 is 0 Å². The second kappa shape index (κ2) is 5.82. The minimum Gasteiger partial charge on any atom is -0.497 e. The van der Waals surface area contributed by atoms with E-state index in [1.54, 1.807) is 31.4 Å². The molecule has 2 amide bonds. The summed E-state index contributed by atoms with van der Waals surface area (Å²) in [6.07, 6.45) is 0. The lowest BCUT2D eigenvalue weighted by Gasteiger charge is -2.51. The van der Waals surface area contributed by atoms with E-state index in [4.69, 9.17) is 4.74 Å². The zero-order valence-electron chi connectivity index (χ0n) is 16.8. The molecule has 0 radical (unpaired) electrons. The molecule has 4 aliphatic rings. The number of imide groups is 1. The number of benzene rings is 3. The number of rotatable bonds is 2. The van der Waals surface area contributed by atoms with E-state index in [0.717, 1.165) is 0 Å². The van der Waals surface area contributed by atoms with Crippen molar-refractivity contribution in [2.24, 2.45) is 11.3 Å². The smallest absolute Gasteiger partial charge is 0.241 e. The first-order valence-corrected chi connectivity index (χ1v) is 10.3. The zero-order chi connectivity index (χ0) is 20.6. The van der Waals surface area contributed by atoms with E-state index in [0.29, 0.717) is 11.4 Å². The van der Waals surface area contributed by atoms with Gasteiger partial charge >= 0.3 is 0 Å². The Hall–Kier alpha value is -3.40. The third kappa shape index (κ3) is 1.91. The molecule has 3 aromatic carbocycles. The average Bonchev–Trinajstić information content (AvgIpc) is 2.99. The molecule has 7 rings (SSSR count). The summed E-state index contributed by atoms with van der Waals surface area (Å²) in [6.45, 7) is 1.99. The number of methoxy groups -OCH3 is 1. The first-order chi connectivity index (χ1) is 14.6. The van der Waals surface area contributed by atoms with E-state index in [1.165, 1.54) is 27.2 Å². The highest BCUT2D eigenvalue weighted by atomic mass is 16.5. The number of hydrogen-bond acceptors (Lipinski definition) is 3. The molecule has 2 unspecified atom stereocenters. The van der Waals surface area contributed by atoms with Crippen molar-refractivity contribution in [2.75, 3.05) is 12.0 Å². The molecule has 3 aromatic rings. The molecule has 1 saturated heterocycles. The molecular formula is C26H21NO3.